The number of nitrogens with two attached hydrogens (primary N) is 1. The van der Waals surface area contributed by atoms with Crippen molar-refractivity contribution in [2.75, 3.05) is 0 Å². The third-order valence-corrected chi connectivity index (χ3v) is 2.66. The first-order valence-electron chi connectivity index (χ1n) is 4.36. The molecule has 0 heterocycles. The van der Waals surface area contributed by atoms with Crippen LogP contribution in [-0.2, 0) is 0 Å². The van der Waals surface area contributed by atoms with Gasteiger partial charge in [-0.15, -0.1) is 0 Å². The highest BCUT2D eigenvalue weighted by Crippen LogP contribution is 2.27. The maximum atomic E-state index is 13.3. The van der Waals surface area contributed by atoms with E-state index in [1.54, 1.807) is 6.07 Å². The molecule has 1 nitrogen and oxygen atoms in total. The second-order valence-electron chi connectivity index (χ2n) is 3.03. The smallest absolute Gasteiger partial charge is 0.129 e. The molecule has 72 valence electrons. The number of benzene rings is 1. The molecule has 0 aliphatic heterocycles. The van der Waals surface area contributed by atoms with Crippen molar-refractivity contribution in [3.05, 3.63) is 34.1 Å². The van der Waals surface area contributed by atoms with E-state index in [4.69, 9.17) is 5.73 Å². The SMILES string of the molecule is CCC[C@H](N)c1c(F)cccc1Br. The second-order valence-corrected chi connectivity index (χ2v) is 3.88. The van der Waals surface area contributed by atoms with Crippen molar-refractivity contribution in [3.63, 3.8) is 0 Å². The lowest BCUT2D eigenvalue weighted by atomic mass is 10.0. The molecule has 1 rings (SSSR count). The summed E-state index contributed by atoms with van der Waals surface area (Å²) < 4.78 is 14.1. The van der Waals surface area contributed by atoms with E-state index in [-0.39, 0.29) is 11.9 Å². The maximum absolute atomic E-state index is 13.3. The van der Waals surface area contributed by atoms with Crippen LogP contribution >= 0.6 is 15.9 Å². The van der Waals surface area contributed by atoms with Gasteiger partial charge < -0.3 is 5.73 Å². The number of hydrogen-bond donors (Lipinski definition) is 1. The third-order valence-electron chi connectivity index (χ3n) is 1.97. The van der Waals surface area contributed by atoms with Crippen LogP contribution in [0.1, 0.15) is 31.4 Å². The summed E-state index contributed by atoms with van der Waals surface area (Å²) in [4.78, 5) is 0. The molecule has 1 aromatic rings. The molecule has 0 spiro atoms. The van der Waals surface area contributed by atoms with Crippen LogP contribution in [0.5, 0.6) is 0 Å². The van der Waals surface area contributed by atoms with Crippen LogP contribution < -0.4 is 5.73 Å². The summed E-state index contributed by atoms with van der Waals surface area (Å²) in [5, 5.41) is 0. The molecule has 13 heavy (non-hydrogen) atoms. The molecule has 2 N–H and O–H groups in total. The Morgan fingerprint density at radius 3 is 2.77 bits per heavy atom. The quantitative estimate of drug-likeness (QED) is 0.869. The monoisotopic (exact) mass is 245 g/mol. The van der Waals surface area contributed by atoms with Gasteiger partial charge in [0.2, 0.25) is 0 Å². The highest BCUT2D eigenvalue weighted by atomic mass is 79.9. The fourth-order valence-electron chi connectivity index (χ4n) is 1.32. The molecule has 0 radical (unpaired) electrons. The third kappa shape index (κ3) is 2.51. The summed E-state index contributed by atoms with van der Waals surface area (Å²) in [5.41, 5.74) is 6.42. The Labute approximate surface area is 86.3 Å². The van der Waals surface area contributed by atoms with Gasteiger partial charge in [0, 0.05) is 16.1 Å². The van der Waals surface area contributed by atoms with Crippen molar-refractivity contribution in [1.82, 2.24) is 0 Å². The average molecular weight is 246 g/mol. The predicted molar refractivity (Wildman–Crippen MR) is 55.9 cm³/mol. The van der Waals surface area contributed by atoms with Gasteiger partial charge in [-0.25, -0.2) is 4.39 Å². The summed E-state index contributed by atoms with van der Waals surface area (Å²) in [6, 6.07) is 4.71. The van der Waals surface area contributed by atoms with Crippen molar-refractivity contribution in [1.29, 1.82) is 0 Å². The number of halogens is 2. The molecule has 1 atom stereocenters. The van der Waals surface area contributed by atoms with Crippen molar-refractivity contribution in [2.24, 2.45) is 5.73 Å². The lowest BCUT2D eigenvalue weighted by Crippen LogP contribution is -2.12. The van der Waals surface area contributed by atoms with Gasteiger partial charge in [-0.2, -0.15) is 0 Å². The zero-order chi connectivity index (χ0) is 9.84. The van der Waals surface area contributed by atoms with Crippen LogP contribution in [0.4, 0.5) is 4.39 Å². The highest BCUT2D eigenvalue weighted by Gasteiger charge is 2.13. The van der Waals surface area contributed by atoms with E-state index >= 15 is 0 Å². The van der Waals surface area contributed by atoms with E-state index in [1.807, 2.05) is 13.0 Å². The standard InChI is InChI=1S/C10H13BrFN/c1-2-4-9(13)10-7(11)5-3-6-8(10)12/h3,5-6,9H,2,4,13H2,1H3/t9-/m0/s1. The molecule has 0 unspecified atom stereocenters. The first-order chi connectivity index (χ1) is 6.16. The summed E-state index contributed by atoms with van der Waals surface area (Å²) in [6.45, 7) is 2.04. The molecular formula is C10H13BrFN. The van der Waals surface area contributed by atoms with Crippen molar-refractivity contribution >= 4 is 15.9 Å². The van der Waals surface area contributed by atoms with Gasteiger partial charge in [0.25, 0.3) is 0 Å². The van der Waals surface area contributed by atoms with E-state index in [2.05, 4.69) is 15.9 Å². The van der Waals surface area contributed by atoms with E-state index in [0.717, 1.165) is 17.3 Å². The van der Waals surface area contributed by atoms with Crippen molar-refractivity contribution in [3.8, 4) is 0 Å². The maximum Gasteiger partial charge on any atom is 0.129 e. The zero-order valence-electron chi connectivity index (χ0n) is 7.56. The number of hydrogen-bond acceptors (Lipinski definition) is 1. The van der Waals surface area contributed by atoms with Crippen molar-refractivity contribution in [2.45, 2.75) is 25.8 Å². The summed E-state index contributed by atoms with van der Waals surface area (Å²) in [7, 11) is 0. The minimum Gasteiger partial charge on any atom is -0.324 e. The number of rotatable bonds is 3. The summed E-state index contributed by atoms with van der Waals surface area (Å²) >= 11 is 3.30. The normalized spacial score (nSPS) is 12.9. The molecule has 0 aliphatic rings. The van der Waals surface area contributed by atoms with Gasteiger partial charge in [0.15, 0.2) is 0 Å². The predicted octanol–water partition coefficient (Wildman–Crippen LogP) is 3.39. The molecule has 0 saturated carbocycles. The Bertz CT molecular complexity index is 268. The zero-order valence-corrected chi connectivity index (χ0v) is 9.14. The van der Waals surface area contributed by atoms with Crippen LogP contribution in [0.3, 0.4) is 0 Å². The van der Waals surface area contributed by atoms with Crippen LogP contribution in [-0.4, -0.2) is 0 Å². The van der Waals surface area contributed by atoms with Gasteiger partial charge in [-0.3, -0.25) is 0 Å². The summed E-state index contributed by atoms with van der Waals surface area (Å²) in [5.74, 6) is -0.227. The molecule has 0 bridgehead atoms. The minimum absolute atomic E-state index is 0.208. The average Bonchev–Trinajstić information content (AvgIpc) is 2.04. The minimum atomic E-state index is -0.227. The van der Waals surface area contributed by atoms with E-state index in [9.17, 15) is 4.39 Å². The van der Waals surface area contributed by atoms with Gasteiger partial charge in [0.05, 0.1) is 0 Å². The largest absolute Gasteiger partial charge is 0.324 e. The van der Waals surface area contributed by atoms with Gasteiger partial charge in [-0.1, -0.05) is 35.3 Å². The van der Waals surface area contributed by atoms with Crippen LogP contribution in [0.25, 0.3) is 0 Å². The van der Waals surface area contributed by atoms with E-state index < -0.39 is 0 Å². The first kappa shape index (κ1) is 10.7. The summed E-state index contributed by atoms with van der Waals surface area (Å²) in [6.07, 6.45) is 1.77. The lowest BCUT2D eigenvalue weighted by Gasteiger charge is -2.13. The topological polar surface area (TPSA) is 26.0 Å². The fourth-order valence-corrected chi connectivity index (χ4v) is 1.96. The second kappa shape index (κ2) is 4.72. The van der Waals surface area contributed by atoms with Crippen LogP contribution in [0.2, 0.25) is 0 Å². The van der Waals surface area contributed by atoms with Crippen LogP contribution in [0, 0.1) is 5.82 Å². The highest BCUT2D eigenvalue weighted by molar-refractivity contribution is 9.10. The Hall–Kier alpha value is -0.410. The molecule has 1 aromatic carbocycles. The van der Waals surface area contributed by atoms with E-state index in [1.165, 1.54) is 6.07 Å². The molecule has 3 heteroatoms. The van der Waals surface area contributed by atoms with Crippen molar-refractivity contribution < 1.29 is 4.39 Å². The van der Waals surface area contributed by atoms with Gasteiger partial charge in [0.1, 0.15) is 5.82 Å². The van der Waals surface area contributed by atoms with Crippen LogP contribution in [0.15, 0.2) is 22.7 Å². The Kier molecular flexibility index (Phi) is 3.88. The van der Waals surface area contributed by atoms with Gasteiger partial charge >= 0.3 is 0 Å². The van der Waals surface area contributed by atoms with Gasteiger partial charge in [-0.05, 0) is 18.6 Å². The fraction of sp³-hybridized carbons (Fsp3) is 0.400. The molecule has 0 aliphatic carbocycles. The molecule has 0 saturated heterocycles. The Morgan fingerprint density at radius 1 is 1.54 bits per heavy atom. The molecule has 0 fully saturated rings. The Balaban J connectivity index is 2.98. The first-order valence-corrected chi connectivity index (χ1v) is 5.15. The molecular weight excluding hydrogens is 233 g/mol. The molecule has 0 amide bonds. The molecule has 0 aromatic heterocycles. The lowest BCUT2D eigenvalue weighted by molar-refractivity contribution is 0.557. The Morgan fingerprint density at radius 2 is 2.23 bits per heavy atom. The van der Waals surface area contributed by atoms with E-state index in [0.29, 0.717) is 5.56 Å².